The Morgan fingerprint density at radius 3 is 2.64 bits per heavy atom. The number of phenols is 1. The van der Waals surface area contributed by atoms with Crippen LogP contribution in [0.4, 0.5) is 0 Å². The molecule has 0 spiro atoms. The fourth-order valence-electron chi connectivity index (χ4n) is 1.22. The first-order valence-electron chi connectivity index (χ1n) is 4.28. The maximum atomic E-state index is 9.43. The van der Waals surface area contributed by atoms with Crippen LogP contribution in [-0.2, 0) is 6.42 Å². The van der Waals surface area contributed by atoms with Crippen LogP contribution >= 0.6 is 15.9 Å². The molecule has 0 unspecified atom stereocenters. The zero-order valence-electron chi connectivity index (χ0n) is 8.12. The van der Waals surface area contributed by atoms with E-state index in [0.717, 1.165) is 10.0 Å². The summed E-state index contributed by atoms with van der Waals surface area (Å²) < 4.78 is 5.74. The first-order chi connectivity index (χ1) is 6.54. The summed E-state index contributed by atoms with van der Waals surface area (Å²) in [5, 5.41) is 18.7. The number of phenolic OH excluding ortho intramolecular Hbond substituents is 1. The minimum absolute atomic E-state index is 0.0914. The van der Waals surface area contributed by atoms with Crippen molar-refractivity contribution in [2.45, 2.75) is 19.4 Å². The average Bonchev–Trinajstić information content (AvgIpc) is 2.09. The van der Waals surface area contributed by atoms with Crippen LogP contribution in [0, 0.1) is 0 Å². The maximum Gasteiger partial charge on any atom is 0.160 e. The highest BCUT2D eigenvalue weighted by Gasteiger charge is 2.09. The molecule has 14 heavy (non-hydrogen) atoms. The largest absolute Gasteiger partial charge is 0.504 e. The lowest BCUT2D eigenvalue weighted by Gasteiger charge is -2.10. The van der Waals surface area contributed by atoms with Gasteiger partial charge in [0.1, 0.15) is 0 Å². The van der Waals surface area contributed by atoms with Gasteiger partial charge in [-0.15, -0.1) is 0 Å². The summed E-state index contributed by atoms with van der Waals surface area (Å²) in [6.45, 7) is 1.71. The molecule has 1 aromatic carbocycles. The van der Waals surface area contributed by atoms with Gasteiger partial charge in [0.2, 0.25) is 0 Å². The third-order valence-corrected chi connectivity index (χ3v) is 2.60. The Morgan fingerprint density at radius 1 is 1.50 bits per heavy atom. The lowest BCUT2D eigenvalue weighted by atomic mass is 10.1. The first kappa shape index (κ1) is 11.3. The topological polar surface area (TPSA) is 49.7 Å². The van der Waals surface area contributed by atoms with Gasteiger partial charge < -0.3 is 14.9 Å². The van der Waals surface area contributed by atoms with Crippen LogP contribution in [-0.4, -0.2) is 23.4 Å². The molecule has 3 nitrogen and oxygen atoms in total. The van der Waals surface area contributed by atoms with Crippen molar-refractivity contribution in [3.63, 3.8) is 0 Å². The number of hydrogen-bond donors (Lipinski definition) is 2. The van der Waals surface area contributed by atoms with E-state index in [1.807, 2.05) is 0 Å². The standard InChI is InChI=1S/C10H13BrO3/c1-6(12)3-7-4-10(14-2)9(13)5-8(7)11/h4-6,12-13H,3H2,1-2H3/t6-/m0/s1. The number of rotatable bonds is 3. The molecular formula is C10H13BrO3. The monoisotopic (exact) mass is 260 g/mol. The van der Waals surface area contributed by atoms with E-state index in [1.165, 1.54) is 7.11 Å². The highest BCUT2D eigenvalue weighted by Crippen LogP contribution is 2.32. The molecule has 0 amide bonds. The number of aliphatic hydroxyl groups excluding tert-OH is 1. The summed E-state index contributed by atoms with van der Waals surface area (Å²) in [6, 6.07) is 3.28. The lowest BCUT2D eigenvalue weighted by Crippen LogP contribution is -2.05. The van der Waals surface area contributed by atoms with Crippen molar-refractivity contribution in [3.8, 4) is 11.5 Å². The van der Waals surface area contributed by atoms with Gasteiger partial charge in [-0.1, -0.05) is 15.9 Å². The number of methoxy groups -OCH3 is 1. The molecule has 0 aromatic heterocycles. The van der Waals surface area contributed by atoms with Gasteiger partial charge in [0.25, 0.3) is 0 Å². The molecule has 78 valence electrons. The Kier molecular flexibility index (Phi) is 3.77. The molecule has 0 fully saturated rings. The molecule has 0 saturated carbocycles. The van der Waals surface area contributed by atoms with Gasteiger partial charge >= 0.3 is 0 Å². The van der Waals surface area contributed by atoms with Crippen LogP contribution in [0.25, 0.3) is 0 Å². The second-order valence-corrected chi connectivity index (χ2v) is 4.02. The second kappa shape index (κ2) is 4.66. The molecule has 0 aliphatic carbocycles. The second-order valence-electron chi connectivity index (χ2n) is 3.17. The predicted molar refractivity (Wildman–Crippen MR) is 57.7 cm³/mol. The molecule has 0 aliphatic rings. The Bertz CT molecular complexity index is 323. The molecule has 4 heteroatoms. The normalized spacial score (nSPS) is 12.6. The van der Waals surface area contributed by atoms with Crippen molar-refractivity contribution < 1.29 is 14.9 Å². The average molecular weight is 261 g/mol. The van der Waals surface area contributed by atoms with E-state index in [-0.39, 0.29) is 5.75 Å². The van der Waals surface area contributed by atoms with Crippen molar-refractivity contribution in [1.82, 2.24) is 0 Å². The Hall–Kier alpha value is -0.740. The summed E-state index contributed by atoms with van der Waals surface area (Å²) in [4.78, 5) is 0. The van der Waals surface area contributed by atoms with Gasteiger partial charge in [-0.05, 0) is 31.0 Å². The molecule has 0 heterocycles. The van der Waals surface area contributed by atoms with Crippen LogP contribution in [0.15, 0.2) is 16.6 Å². The molecule has 1 rings (SSSR count). The summed E-state index contributed by atoms with van der Waals surface area (Å²) in [5.74, 6) is 0.512. The van der Waals surface area contributed by atoms with Gasteiger partial charge in [-0.3, -0.25) is 0 Å². The summed E-state index contributed by atoms with van der Waals surface area (Å²) in [6.07, 6.45) is 0.109. The van der Waals surface area contributed by atoms with Crippen molar-refractivity contribution in [2.75, 3.05) is 7.11 Å². The zero-order chi connectivity index (χ0) is 10.7. The van der Waals surface area contributed by atoms with Gasteiger partial charge in [-0.25, -0.2) is 0 Å². The van der Waals surface area contributed by atoms with Crippen molar-refractivity contribution >= 4 is 15.9 Å². The van der Waals surface area contributed by atoms with E-state index >= 15 is 0 Å². The fourth-order valence-corrected chi connectivity index (χ4v) is 1.72. The quantitative estimate of drug-likeness (QED) is 0.875. The van der Waals surface area contributed by atoms with Crippen LogP contribution in [0.3, 0.4) is 0 Å². The first-order valence-corrected chi connectivity index (χ1v) is 5.07. The number of aliphatic hydroxyl groups is 1. The number of benzene rings is 1. The minimum Gasteiger partial charge on any atom is -0.504 e. The van der Waals surface area contributed by atoms with Crippen molar-refractivity contribution in [1.29, 1.82) is 0 Å². The molecular weight excluding hydrogens is 248 g/mol. The third-order valence-electron chi connectivity index (χ3n) is 1.86. The van der Waals surface area contributed by atoms with E-state index in [1.54, 1.807) is 19.1 Å². The van der Waals surface area contributed by atoms with Gasteiger partial charge in [0.05, 0.1) is 13.2 Å². The molecule has 1 aromatic rings. The van der Waals surface area contributed by atoms with Crippen LogP contribution in [0.2, 0.25) is 0 Å². The third kappa shape index (κ3) is 2.62. The van der Waals surface area contributed by atoms with E-state index in [0.29, 0.717) is 12.2 Å². The fraction of sp³-hybridized carbons (Fsp3) is 0.400. The minimum atomic E-state index is -0.416. The van der Waals surface area contributed by atoms with E-state index in [9.17, 15) is 10.2 Å². The Morgan fingerprint density at radius 2 is 2.14 bits per heavy atom. The summed E-state index contributed by atoms with van der Waals surface area (Å²) in [5.41, 5.74) is 0.912. The SMILES string of the molecule is COc1cc(C[C@H](C)O)c(Br)cc1O. The number of aromatic hydroxyl groups is 1. The van der Waals surface area contributed by atoms with E-state index in [2.05, 4.69) is 15.9 Å². The zero-order valence-corrected chi connectivity index (χ0v) is 9.71. The van der Waals surface area contributed by atoms with Gasteiger partial charge in [0.15, 0.2) is 11.5 Å². The highest BCUT2D eigenvalue weighted by molar-refractivity contribution is 9.10. The molecule has 0 aliphatic heterocycles. The highest BCUT2D eigenvalue weighted by atomic mass is 79.9. The number of halogens is 1. The van der Waals surface area contributed by atoms with Gasteiger partial charge in [0, 0.05) is 4.47 Å². The molecule has 0 bridgehead atoms. The summed E-state index contributed by atoms with van der Waals surface area (Å²) >= 11 is 3.31. The maximum absolute atomic E-state index is 9.43. The van der Waals surface area contributed by atoms with Gasteiger partial charge in [-0.2, -0.15) is 0 Å². The van der Waals surface area contributed by atoms with Crippen LogP contribution in [0.5, 0.6) is 11.5 Å². The smallest absolute Gasteiger partial charge is 0.160 e. The lowest BCUT2D eigenvalue weighted by molar-refractivity contribution is 0.195. The Labute approximate surface area is 91.5 Å². The summed E-state index contributed by atoms with van der Waals surface area (Å²) in [7, 11) is 1.50. The molecule has 1 atom stereocenters. The van der Waals surface area contributed by atoms with Crippen LogP contribution in [0.1, 0.15) is 12.5 Å². The molecule has 0 saturated heterocycles. The molecule has 0 radical (unpaired) electrons. The number of ether oxygens (including phenoxy) is 1. The predicted octanol–water partition coefficient (Wildman–Crippen LogP) is 2.09. The van der Waals surface area contributed by atoms with E-state index in [4.69, 9.17) is 4.74 Å². The Balaban J connectivity index is 3.04. The van der Waals surface area contributed by atoms with Crippen LogP contribution < -0.4 is 4.74 Å². The van der Waals surface area contributed by atoms with Crippen molar-refractivity contribution in [2.24, 2.45) is 0 Å². The van der Waals surface area contributed by atoms with E-state index < -0.39 is 6.10 Å². The van der Waals surface area contributed by atoms with Crippen molar-refractivity contribution in [3.05, 3.63) is 22.2 Å². The molecule has 2 N–H and O–H groups in total. The number of hydrogen-bond acceptors (Lipinski definition) is 3.